The maximum absolute atomic E-state index is 10.7. The van der Waals surface area contributed by atoms with Crippen molar-refractivity contribution in [2.24, 2.45) is 0 Å². The third-order valence-electron chi connectivity index (χ3n) is 1.16. The topological polar surface area (TPSA) is 52.6 Å². The molecule has 0 radical (unpaired) electrons. The summed E-state index contributed by atoms with van der Waals surface area (Å²) < 4.78 is 9.07. The lowest BCUT2D eigenvalue weighted by molar-refractivity contribution is -0.135. The van der Waals surface area contributed by atoms with Gasteiger partial charge in [-0.25, -0.2) is 0 Å². The Hall–Kier alpha value is -0.710. The van der Waals surface area contributed by atoms with Gasteiger partial charge in [0.2, 0.25) is 0 Å². The van der Waals surface area contributed by atoms with Crippen LogP contribution in [0.2, 0.25) is 0 Å². The number of rotatable bonds is 6. The average molecular weight is 206 g/mol. The molecule has 0 bridgehead atoms. The molecule has 0 rings (SSSR count). The Morgan fingerprint density at radius 3 is 1.69 bits per heavy atom. The van der Waals surface area contributed by atoms with Gasteiger partial charge in [-0.15, -0.1) is 0 Å². The molecule has 0 aliphatic rings. The second-order valence-electron chi connectivity index (χ2n) is 2.48. The molecule has 76 valence electrons. The van der Waals surface area contributed by atoms with E-state index in [1.807, 2.05) is 13.8 Å². The maximum atomic E-state index is 10.7. The zero-order chi connectivity index (χ0) is 10.1. The van der Waals surface area contributed by atoms with E-state index in [0.717, 1.165) is 12.8 Å². The Kier molecular flexibility index (Phi) is 7.48. The van der Waals surface area contributed by atoms with Crippen molar-refractivity contribution in [3.05, 3.63) is 0 Å². The van der Waals surface area contributed by atoms with Crippen molar-refractivity contribution in [1.29, 1.82) is 0 Å². The standard InChI is InChI=1S/C8H14O4S/c1-3-5-7(9)11-13-12-8(10)6-4-2/h3-6H2,1-2H3. The molecule has 0 aromatic rings. The van der Waals surface area contributed by atoms with Crippen LogP contribution in [0.4, 0.5) is 0 Å². The monoisotopic (exact) mass is 206 g/mol. The fraction of sp³-hybridized carbons (Fsp3) is 0.750. The molecule has 0 amide bonds. The largest absolute Gasteiger partial charge is 0.355 e. The van der Waals surface area contributed by atoms with Crippen LogP contribution in [0.3, 0.4) is 0 Å². The summed E-state index contributed by atoms with van der Waals surface area (Å²) in [4.78, 5) is 21.5. The van der Waals surface area contributed by atoms with E-state index < -0.39 is 0 Å². The molecule has 0 aromatic heterocycles. The first kappa shape index (κ1) is 12.3. The van der Waals surface area contributed by atoms with Gasteiger partial charge in [-0.05, 0) is 12.8 Å². The molecule has 0 aliphatic heterocycles. The van der Waals surface area contributed by atoms with Crippen LogP contribution in [0.25, 0.3) is 0 Å². The molecule has 0 saturated heterocycles. The second-order valence-corrected chi connectivity index (χ2v) is 2.95. The first-order valence-corrected chi connectivity index (χ1v) is 4.94. The van der Waals surface area contributed by atoms with E-state index >= 15 is 0 Å². The third-order valence-corrected chi connectivity index (χ3v) is 1.67. The highest BCUT2D eigenvalue weighted by Gasteiger charge is 2.06. The summed E-state index contributed by atoms with van der Waals surface area (Å²) in [5, 5.41) is 0. The quantitative estimate of drug-likeness (QED) is 0.624. The third kappa shape index (κ3) is 7.64. The van der Waals surface area contributed by atoms with E-state index in [0.29, 0.717) is 25.2 Å². The molecule has 0 heterocycles. The highest BCUT2D eigenvalue weighted by Crippen LogP contribution is 2.09. The van der Waals surface area contributed by atoms with Crippen molar-refractivity contribution < 1.29 is 18.0 Å². The van der Waals surface area contributed by atoms with Crippen LogP contribution < -0.4 is 0 Å². The molecule has 0 atom stereocenters. The van der Waals surface area contributed by atoms with Crippen molar-refractivity contribution in [3.63, 3.8) is 0 Å². The smallest absolute Gasteiger partial charge is 0.320 e. The van der Waals surface area contributed by atoms with Crippen molar-refractivity contribution in [2.75, 3.05) is 0 Å². The molecule has 5 heteroatoms. The summed E-state index contributed by atoms with van der Waals surface area (Å²) >= 11 is 0.450. The molecular weight excluding hydrogens is 192 g/mol. The lowest BCUT2D eigenvalue weighted by Gasteiger charge is -2.00. The van der Waals surface area contributed by atoms with Gasteiger partial charge in [0.05, 0.1) is 0 Å². The van der Waals surface area contributed by atoms with Gasteiger partial charge in [0.1, 0.15) is 0 Å². The predicted molar refractivity (Wildman–Crippen MR) is 49.6 cm³/mol. The number of carbonyl (C=O) groups is 2. The van der Waals surface area contributed by atoms with E-state index in [1.54, 1.807) is 0 Å². The van der Waals surface area contributed by atoms with Gasteiger partial charge in [-0.1, -0.05) is 13.8 Å². The van der Waals surface area contributed by atoms with Gasteiger partial charge in [0.25, 0.3) is 12.3 Å². The van der Waals surface area contributed by atoms with Gasteiger partial charge in [0, 0.05) is 12.8 Å². The van der Waals surface area contributed by atoms with Crippen molar-refractivity contribution in [1.82, 2.24) is 0 Å². The zero-order valence-electron chi connectivity index (χ0n) is 7.87. The van der Waals surface area contributed by atoms with E-state index in [9.17, 15) is 9.59 Å². The highest BCUT2D eigenvalue weighted by molar-refractivity contribution is 7.90. The molecule has 0 aliphatic carbocycles. The lowest BCUT2D eigenvalue weighted by atomic mass is 10.4. The summed E-state index contributed by atoms with van der Waals surface area (Å²) in [6, 6.07) is 0. The van der Waals surface area contributed by atoms with Crippen molar-refractivity contribution in [3.8, 4) is 0 Å². The molecule has 0 saturated carbocycles. The van der Waals surface area contributed by atoms with Gasteiger partial charge >= 0.3 is 11.9 Å². The molecule has 0 fully saturated rings. The van der Waals surface area contributed by atoms with E-state index in [2.05, 4.69) is 8.37 Å². The van der Waals surface area contributed by atoms with E-state index in [-0.39, 0.29) is 11.9 Å². The van der Waals surface area contributed by atoms with Crippen LogP contribution in [0.5, 0.6) is 0 Å². The first-order chi connectivity index (χ1) is 6.20. The van der Waals surface area contributed by atoms with Gasteiger partial charge in [0.15, 0.2) is 0 Å². The molecule has 13 heavy (non-hydrogen) atoms. The fourth-order valence-electron chi connectivity index (χ4n) is 0.584. The van der Waals surface area contributed by atoms with Crippen LogP contribution in [0.1, 0.15) is 39.5 Å². The minimum atomic E-state index is -0.364. The molecular formula is C8H14O4S. The maximum Gasteiger partial charge on any atom is 0.320 e. The summed E-state index contributed by atoms with van der Waals surface area (Å²) in [6.07, 6.45) is 2.14. The van der Waals surface area contributed by atoms with Crippen LogP contribution in [-0.2, 0) is 18.0 Å². The zero-order valence-corrected chi connectivity index (χ0v) is 8.69. The summed E-state index contributed by atoms with van der Waals surface area (Å²) in [5.74, 6) is -0.728. The SMILES string of the molecule is CCCC(=O)OSOC(=O)CCC. The summed E-state index contributed by atoms with van der Waals surface area (Å²) in [6.45, 7) is 3.74. The molecule has 0 spiro atoms. The predicted octanol–water partition coefficient (Wildman–Crippen LogP) is 2.24. The van der Waals surface area contributed by atoms with Crippen molar-refractivity contribution in [2.45, 2.75) is 39.5 Å². The average Bonchev–Trinajstić information content (AvgIpc) is 2.05. The Balaban J connectivity index is 3.33. The molecule has 0 unspecified atom stereocenters. The van der Waals surface area contributed by atoms with Gasteiger partial charge < -0.3 is 8.37 Å². The first-order valence-electron chi connectivity index (χ1n) is 4.27. The highest BCUT2D eigenvalue weighted by atomic mass is 32.2. The molecule has 0 aromatic carbocycles. The van der Waals surface area contributed by atoms with Crippen LogP contribution in [-0.4, -0.2) is 11.9 Å². The second kappa shape index (κ2) is 7.91. The Labute approximate surface area is 82.4 Å². The fourth-order valence-corrected chi connectivity index (χ4v) is 0.937. The molecule has 0 N–H and O–H groups in total. The van der Waals surface area contributed by atoms with Crippen LogP contribution in [0.15, 0.2) is 0 Å². The van der Waals surface area contributed by atoms with Crippen LogP contribution >= 0.6 is 12.3 Å². The van der Waals surface area contributed by atoms with Gasteiger partial charge in [-0.2, -0.15) is 0 Å². The summed E-state index contributed by atoms with van der Waals surface area (Å²) in [7, 11) is 0. The van der Waals surface area contributed by atoms with E-state index in [4.69, 9.17) is 0 Å². The molecule has 4 nitrogen and oxygen atoms in total. The summed E-state index contributed by atoms with van der Waals surface area (Å²) in [5.41, 5.74) is 0. The minimum Gasteiger partial charge on any atom is -0.355 e. The number of hydrogen-bond donors (Lipinski definition) is 0. The Morgan fingerprint density at radius 1 is 1.00 bits per heavy atom. The Morgan fingerprint density at radius 2 is 1.38 bits per heavy atom. The van der Waals surface area contributed by atoms with Crippen LogP contribution in [0, 0.1) is 0 Å². The van der Waals surface area contributed by atoms with Gasteiger partial charge in [-0.3, -0.25) is 9.59 Å². The Bertz CT molecular complexity index is 152. The van der Waals surface area contributed by atoms with Crippen molar-refractivity contribution >= 4 is 24.3 Å². The number of hydrogen-bond acceptors (Lipinski definition) is 5. The number of carbonyl (C=O) groups excluding carboxylic acids is 2. The lowest BCUT2D eigenvalue weighted by Crippen LogP contribution is -2.02. The normalized spacial score (nSPS) is 9.38. The van der Waals surface area contributed by atoms with E-state index in [1.165, 1.54) is 0 Å². The minimum absolute atomic E-state index is 0.346.